The van der Waals surface area contributed by atoms with Crippen molar-refractivity contribution in [3.8, 4) is 11.6 Å². The number of ether oxygens (including phenoxy) is 1. The summed E-state index contributed by atoms with van der Waals surface area (Å²) in [5.74, 6) is -1.14. The number of nitrogens with one attached hydrogen (secondary N) is 1. The number of nitrogens with zero attached hydrogens (tertiary/aromatic N) is 3. The highest BCUT2D eigenvalue weighted by atomic mass is 19.4. The van der Waals surface area contributed by atoms with E-state index in [1.54, 1.807) is 7.05 Å². The van der Waals surface area contributed by atoms with E-state index in [0.29, 0.717) is 19.0 Å². The molecule has 0 amide bonds. The SMILES string of the molecule is CNCC1(O)CCN(c2nc(Oc3cccc(F)c3)cc(C(F)(F)F)n2)C1. The minimum Gasteiger partial charge on any atom is -0.439 e. The topological polar surface area (TPSA) is 70.5 Å². The number of alkyl halides is 3. The quantitative estimate of drug-likeness (QED) is 0.770. The zero-order chi connectivity index (χ0) is 19.7. The van der Waals surface area contributed by atoms with Crippen LogP contribution in [0, 0.1) is 5.82 Å². The maximum absolute atomic E-state index is 13.3. The Morgan fingerprint density at radius 1 is 1.30 bits per heavy atom. The third-order valence-electron chi connectivity index (χ3n) is 4.12. The van der Waals surface area contributed by atoms with Gasteiger partial charge in [-0.1, -0.05) is 6.07 Å². The molecule has 2 N–H and O–H groups in total. The van der Waals surface area contributed by atoms with E-state index in [1.807, 2.05) is 0 Å². The van der Waals surface area contributed by atoms with Gasteiger partial charge in [0.15, 0.2) is 5.69 Å². The molecule has 27 heavy (non-hydrogen) atoms. The van der Waals surface area contributed by atoms with Crippen molar-refractivity contribution in [3.63, 3.8) is 0 Å². The molecule has 0 spiro atoms. The molecule has 1 aromatic carbocycles. The standard InChI is InChI=1S/C17H18F4N4O2/c1-22-9-16(26)5-6-25(10-16)15-23-13(17(19,20)21)8-14(24-15)27-12-4-2-3-11(18)7-12/h2-4,7-8,22,26H,5-6,9-10H2,1H3. The summed E-state index contributed by atoms with van der Waals surface area (Å²) in [7, 11) is 1.67. The Balaban J connectivity index is 1.92. The largest absolute Gasteiger partial charge is 0.439 e. The van der Waals surface area contributed by atoms with Crippen LogP contribution in [0.2, 0.25) is 0 Å². The average Bonchev–Trinajstić information content (AvgIpc) is 2.96. The lowest BCUT2D eigenvalue weighted by Gasteiger charge is -2.23. The molecule has 1 fully saturated rings. The Morgan fingerprint density at radius 3 is 2.74 bits per heavy atom. The predicted octanol–water partition coefficient (Wildman–Crippen LogP) is 2.59. The second-order valence-electron chi connectivity index (χ2n) is 6.37. The predicted molar refractivity (Wildman–Crippen MR) is 89.2 cm³/mol. The molecular formula is C17H18F4N4O2. The van der Waals surface area contributed by atoms with E-state index in [-0.39, 0.29) is 30.7 Å². The van der Waals surface area contributed by atoms with Crippen LogP contribution in [-0.2, 0) is 6.18 Å². The van der Waals surface area contributed by atoms with Crippen LogP contribution in [0.15, 0.2) is 30.3 Å². The summed E-state index contributed by atoms with van der Waals surface area (Å²) in [6, 6.07) is 5.66. The van der Waals surface area contributed by atoms with Crippen molar-refractivity contribution in [3.05, 3.63) is 41.8 Å². The van der Waals surface area contributed by atoms with Gasteiger partial charge in [0, 0.05) is 25.2 Å². The zero-order valence-electron chi connectivity index (χ0n) is 14.4. The van der Waals surface area contributed by atoms with Crippen LogP contribution in [0.1, 0.15) is 12.1 Å². The molecule has 146 valence electrons. The molecule has 2 aromatic rings. The van der Waals surface area contributed by atoms with Crippen molar-refractivity contribution in [2.75, 3.05) is 31.6 Å². The van der Waals surface area contributed by atoms with E-state index in [2.05, 4.69) is 15.3 Å². The summed E-state index contributed by atoms with van der Waals surface area (Å²) >= 11 is 0. The molecule has 1 aliphatic heterocycles. The Hall–Kier alpha value is -2.46. The molecule has 0 saturated carbocycles. The lowest BCUT2D eigenvalue weighted by Crippen LogP contribution is -2.42. The highest BCUT2D eigenvalue weighted by Gasteiger charge is 2.39. The van der Waals surface area contributed by atoms with E-state index in [4.69, 9.17) is 4.74 Å². The smallest absolute Gasteiger partial charge is 0.433 e. The maximum Gasteiger partial charge on any atom is 0.433 e. The minimum atomic E-state index is -4.71. The summed E-state index contributed by atoms with van der Waals surface area (Å²) in [6.07, 6.45) is -4.35. The van der Waals surface area contributed by atoms with Gasteiger partial charge in [-0.2, -0.15) is 18.2 Å². The Morgan fingerprint density at radius 2 is 2.07 bits per heavy atom. The lowest BCUT2D eigenvalue weighted by molar-refractivity contribution is -0.141. The van der Waals surface area contributed by atoms with Gasteiger partial charge in [-0.05, 0) is 25.6 Å². The number of hydrogen-bond donors (Lipinski definition) is 2. The second kappa shape index (κ2) is 7.28. The third-order valence-corrected chi connectivity index (χ3v) is 4.12. The van der Waals surface area contributed by atoms with Crippen LogP contribution < -0.4 is 15.0 Å². The van der Waals surface area contributed by atoms with Gasteiger partial charge in [-0.3, -0.25) is 0 Å². The monoisotopic (exact) mass is 386 g/mol. The van der Waals surface area contributed by atoms with Crippen LogP contribution in [0.3, 0.4) is 0 Å². The Bertz CT molecular complexity index is 818. The van der Waals surface area contributed by atoms with Gasteiger partial charge in [0.2, 0.25) is 11.8 Å². The van der Waals surface area contributed by atoms with Crippen molar-refractivity contribution in [1.29, 1.82) is 0 Å². The molecule has 6 nitrogen and oxygen atoms in total. The molecule has 0 bridgehead atoms. The first-order chi connectivity index (χ1) is 12.7. The van der Waals surface area contributed by atoms with Gasteiger partial charge < -0.3 is 20.1 Å². The highest BCUT2D eigenvalue weighted by Crippen LogP contribution is 2.34. The van der Waals surface area contributed by atoms with Crippen LogP contribution >= 0.6 is 0 Å². The van der Waals surface area contributed by atoms with Gasteiger partial charge in [0.05, 0.1) is 12.1 Å². The fourth-order valence-electron chi connectivity index (χ4n) is 2.90. The van der Waals surface area contributed by atoms with Crippen molar-refractivity contribution in [2.24, 2.45) is 0 Å². The third kappa shape index (κ3) is 4.64. The fraction of sp³-hybridized carbons (Fsp3) is 0.412. The summed E-state index contributed by atoms with van der Waals surface area (Å²) in [5.41, 5.74) is -2.27. The normalized spacial score (nSPS) is 20.1. The number of β-amino-alcohol motifs (C(OH)–C–C–N with tert-alkyl or cyclic N) is 1. The van der Waals surface area contributed by atoms with E-state index >= 15 is 0 Å². The van der Waals surface area contributed by atoms with Crippen molar-refractivity contribution < 1.29 is 27.4 Å². The minimum absolute atomic E-state index is 0.0147. The molecule has 0 radical (unpaired) electrons. The van der Waals surface area contributed by atoms with Gasteiger partial charge in [-0.15, -0.1) is 0 Å². The molecule has 1 atom stereocenters. The number of aliphatic hydroxyl groups is 1. The molecule has 10 heteroatoms. The van der Waals surface area contributed by atoms with E-state index in [0.717, 1.165) is 6.07 Å². The maximum atomic E-state index is 13.3. The fourth-order valence-corrected chi connectivity index (χ4v) is 2.90. The molecule has 0 aliphatic carbocycles. The van der Waals surface area contributed by atoms with Gasteiger partial charge >= 0.3 is 6.18 Å². The van der Waals surface area contributed by atoms with Crippen LogP contribution in [0.5, 0.6) is 11.6 Å². The Kier molecular flexibility index (Phi) is 5.20. The molecule has 1 aromatic heterocycles. The van der Waals surface area contributed by atoms with Crippen molar-refractivity contribution >= 4 is 5.95 Å². The first-order valence-corrected chi connectivity index (χ1v) is 8.20. The van der Waals surface area contributed by atoms with Gasteiger partial charge in [0.25, 0.3) is 0 Å². The molecule has 1 saturated heterocycles. The van der Waals surface area contributed by atoms with E-state index in [1.165, 1.54) is 23.1 Å². The Labute approximate surface area is 152 Å². The van der Waals surface area contributed by atoms with Crippen molar-refractivity contribution in [1.82, 2.24) is 15.3 Å². The molecular weight excluding hydrogens is 368 g/mol. The highest BCUT2D eigenvalue weighted by molar-refractivity contribution is 5.39. The number of anilines is 1. The first-order valence-electron chi connectivity index (χ1n) is 8.20. The molecule has 1 unspecified atom stereocenters. The number of aromatic nitrogens is 2. The molecule has 1 aliphatic rings. The van der Waals surface area contributed by atoms with Crippen LogP contribution in [-0.4, -0.2) is 47.4 Å². The summed E-state index contributed by atoms with van der Waals surface area (Å²) < 4.78 is 58.3. The summed E-state index contributed by atoms with van der Waals surface area (Å²) in [6.45, 7) is 0.655. The van der Waals surface area contributed by atoms with Crippen molar-refractivity contribution in [2.45, 2.75) is 18.2 Å². The van der Waals surface area contributed by atoms with E-state index < -0.39 is 23.3 Å². The van der Waals surface area contributed by atoms with Gasteiger partial charge in [0.1, 0.15) is 11.6 Å². The average molecular weight is 386 g/mol. The number of rotatable bonds is 5. The van der Waals surface area contributed by atoms with Gasteiger partial charge in [-0.25, -0.2) is 9.37 Å². The molecule has 2 heterocycles. The summed E-state index contributed by atoms with van der Waals surface area (Å²) in [4.78, 5) is 9.06. The van der Waals surface area contributed by atoms with E-state index in [9.17, 15) is 22.7 Å². The van der Waals surface area contributed by atoms with Crippen LogP contribution in [0.25, 0.3) is 0 Å². The number of hydrogen-bond acceptors (Lipinski definition) is 6. The van der Waals surface area contributed by atoms with Crippen LogP contribution in [0.4, 0.5) is 23.5 Å². The zero-order valence-corrected chi connectivity index (χ0v) is 14.4. The number of halogens is 4. The lowest BCUT2D eigenvalue weighted by atomic mass is 10.0. The number of benzene rings is 1. The number of likely N-dealkylation sites (N-methyl/N-ethyl adjacent to an activating group) is 1. The first kappa shape index (κ1) is 19.3. The second-order valence-corrected chi connectivity index (χ2v) is 6.37. The summed E-state index contributed by atoms with van der Waals surface area (Å²) in [5, 5.41) is 13.3. The molecule has 3 rings (SSSR count).